The highest BCUT2D eigenvalue weighted by Crippen LogP contribution is 2.27. The second kappa shape index (κ2) is 13.1. The molecule has 12 heteroatoms. The van der Waals surface area contributed by atoms with Crippen LogP contribution in [0.25, 0.3) is 10.5 Å². The maximum atomic E-state index is 12.7. The Morgan fingerprint density at radius 2 is 1.98 bits per heavy atom. The van der Waals surface area contributed by atoms with Crippen LogP contribution in [0.1, 0.15) is 57.3 Å². The molecule has 3 aromatic heterocycles. The van der Waals surface area contributed by atoms with E-state index in [-0.39, 0.29) is 23.7 Å². The normalized spacial score (nSPS) is 15.1. The van der Waals surface area contributed by atoms with Crippen molar-refractivity contribution in [1.82, 2.24) is 29.7 Å². The van der Waals surface area contributed by atoms with Gasteiger partial charge in [-0.05, 0) is 52.0 Å². The van der Waals surface area contributed by atoms with E-state index in [4.69, 9.17) is 11.3 Å². The molecule has 3 aromatic rings. The fourth-order valence-electron chi connectivity index (χ4n) is 4.44. The number of nitrogens with one attached hydrogen (secondary N) is 3. The van der Waals surface area contributed by atoms with E-state index in [0.29, 0.717) is 43.4 Å². The maximum absolute atomic E-state index is 12.7. The van der Waals surface area contributed by atoms with Gasteiger partial charge in [-0.25, -0.2) is 14.8 Å². The summed E-state index contributed by atoms with van der Waals surface area (Å²) >= 11 is 0. The van der Waals surface area contributed by atoms with Crippen LogP contribution in [0.3, 0.4) is 0 Å². The van der Waals surface area contributed by atoms with Gasteiger partial charge in [-0.3, -0.25) is 4.79 Å². The van der Waals surface area contributed by atoms with Crippen LogP contribution in [0.15, 0.2) is 43.1 Å². The van der Waals surface area contributed by atoms with Crippen molar-refractivity contribution >= 4 is 35.1 Å². The molecule has 1 atom stereocenters. The summed E-state index contributed by atoms with van der Waals surface area (Å²) in [5.41, 5.74) is 1.57. The fourth-order valence-corrected chi connectivity index (χ4v) is 4.44. The Kier molecular flexibility index (Phi) is 9.39. The number of carbonyl (C=O) groups is 2. The standard InChI is InChI=1S/C29H37N9O3/c1-6-10-31-27(39)21-9-12-37(19-21)23-15-33-24(36-26-17-34-25(30-5)16-35-26)13-22(23)32-14-20-8-7-11-38(18-20)28(40)41-29(2,3)4/h9,12-13,15-17,19-20H,6-8,10-11,14,18H2,1-4H3,(H,31,39)(H2,32,33,35,36). The minimum atomic E-state index is -0.540. The molecular weight excluding hydrogens is 522 g/mol. The molecule has 0 aliphatic carbocycles. The number of piperidine rings is 1. The van der Waals surface area contributed by atoms with Crippen LogP contribution in [-0.4, -0.2) is 68.2 Å². The van der Waals surface area contributed by atoms with E-state index in [9.17, 15) is 9.59 Å². The minimum Gasteiger partial charge on any atom is -0.444 e. The Balaban J connectivity index is 1.53. The Morgan fingerprint density at radius 3 is 2.68 bits per heavy atom. The topological polar surface area (TPSA) is 131 Å². The summed E-state index contributed by atoms with van der Waals surface area (Å²) in [6.45, 7) is 17.2. The molecule has 1 saturated heterocycles. The van der Waals surface area contributed by atoms with Gasteiger partial charge in [0, 0.05) is 44.6 Å². The minimum absolute atomic E-state index is 0.128. The molecule has 0 saturated carbocycles. The van der Waals surface area contributed by atoms with Crippen LogP contribution >= 0.6 is 0 Å². The maximum Gasteiger partial charge on any atom is 0.410 e. The van der Waals surface area contributed by atoms with Gasteiger partial charge < -0.3 is 35.0 Å². The van der Waals surface area contributed by atoms with Crippen molar-refractivity contribution in [3.05, 3.63) is 60.1 Å². The first-order valence-corrected chi connectivity index (χ1v) is 13.8. The molecule has 1 aliphatic rings. The lowest BCUT2D eigenvalue weighted by molar-refractivity contribution is 0.0172. The summed E-state index contributed by atoms with van der Waals surface area (Å²) < 4.78 is 7.44. The number of ether oxygens (including phenoxy) is 1. The molecule has 216 valence electrons. The number of hydrogen-bond acceptors (Lipinski definition) is 8. The lowest BCUT2D eigenvalue weighted by Gasteiger charge is -2.34. The third-order valence-corrected chi connectivity index (χ3v) is 6.41. The van der Waals surface area contributed by atoms with Gasteiger partial charge in [0.2, 0.25) is 0 Å². The lowest BCUT2D eigenvalue weighted by atomic mass is 9.98. The van der Waals surface area contributed by atoms with Gasteiger partial charge in [0.25, 0.3) is 11.7 Å². The number of hydrogen-bond donors (Lipinski definition) is 3. The van der Waals surface area contributed by atoms with Crippen molar-refractivity contribution in [1.29, 1.82) is 0 Å². The number of amides is 2. The summed E-state index contributed by atoms with van der Waals surface area (Å²) in [5, 5.41) is 9.58. The van der Waals surface area contributed by atoms with Gasteiger partial charge in [0.15, 0.2) is 12.0 Å². The van der Waals surface area contributed by atoms with E-state index in [0.717, 1.165) is 30.6 Å². The number of nitrogens with zero attached hydrogens (tertiary/aromatic N) is 6. The highest BCUT2D eigenvalue weighted by Gasteiger charge is 2.27. The third-order valence-electron chi connectivity index (χ3n) is 6.41. The largest absolute Gasteiger partial charge is 0.444 e. The van der Waals surface area contributed by atoms with Crippen molar-refractivity contribution in [2.75, 3.05) is 36.8 Å². The number of likely N-dealkylation sites (tertiary alicyclic amines) is 1. The zero-order chi connectivity index (χ0) is 29.4. The van der Waals surface area contributed by atoms with Gasteiger partial charge in [-0.15, -0.1) is 4.98 Å². The zero-order valence-corrected chi connectivity index (χ0v) is 24.0. The molecule has 0 aromatic carbocycles. The predicted molar refractivity (Wildman–Crippen MR) is 157 cm³/mol. The average Bonchev–Trinajstić information content (AvgIpc) is 3.45. The molecule has 1 aliphatic heterocycles. The number of aromatic nitrogens is 4. The van der Waals surface area contributed by atoms with Crippen molar-refractivity contribution in [3.63, 3.8) is 0 Å². The highest BCUT2D eigenvalue weighted by molar-refractivity contribution is 5.94. The fraction of sp³-hybridized carbons (Fsp3) is 0.448. The number of pyridine rings is 1. The molecule has 0 spiro atoms. The Morgan fingerprint density at radius 1 is 1.17 bits per heavy atom. The van der Waals surface area contributed by atoms with Crippen molar-refractivity contribution in [2.45, 2.75) is 52.6 Å². The van der Waals surface area contributed by atoms with E-state index >= 15 is 0 Å². The van der Waals surface area contributed by atoms with E-state index in [2.05, 4.69) is 35.7 Å². The van der Waals surface area contributed by atoms with Crippen LogP contribution in [-0.2, 0) is 4.74 Å². The quantitative estimate of drug-likeness (QED) is 0.307. The molecule has 0 radical (unpaired) electrons. The van der Waals surface area contributed by atoms with E-state index in [1.54, 1.807) is 23.4 Å². The molecular formula is C29H37N9O3. The zero-order valence-electron chi connectivity index (χ0n) is 24.0. The molecule has 0 bridgehead atoms. The Bertz CT molecular complexity index is 1390. The van der Waals surface area contributed by atoms with Gasteiger partial charge in [0.1, 0.15) is 11.4 Å². The SMILES string of the molecule is [C-]#[N+]c1cnc(Nc2cc(NCC3CCCN(C(=O)OC(C)(C)C)C3)c(-n3ccc(C(=O)NCCC)c3)cn2)cn1. The van der Waals surface area contributed by atoms with Crippen LogP contribution < -0.4 is 16.0 Å². The first-order valence-electron chi connectivity index (χ1n) is 13.8. The second-order valence-corrected chi connectivity index (χ2v) is 11.0. The first kappa shape index (κ1) is 29.3. The van der Waals surface area contributed by atoms with Crippen molar-refractivity contribution < 1.29 is 14.3 Å². The van der Waals surface area contributed by atoms with Gasteiger partial charge in [0.05, 0.1) is 29.3 Å². The summed E-state index contributed by atoms with van der Waals surface area (Å²) in [6.07, 6.45) is 10.6. The summed E-state index contributed by atoms with van der Waals surface area (Å²) in [5.74, 6) is 1.30. The number of anilines is 3. The molecule has 3 N–H and O–H groups in total. The van der Waals surface area contributed by atoms with Crippen LogP contribution in [0, 0.1) is 12.5 Å². The molecule has 1 unspecified atom stereocenters. The van der Waals surface area contributed by atoms with Gasteiger partial charge >= 0.3 is 6.09 Å². The third kappa shape index (κ3) is 8.17. The molecule has 1 fully saturated rings. The Labute approximate surface area is 240 Å². The van der Waals surface area contributed by atoms with E-state index in [1.807, 2.05) is 44.5 Å². The number of carbonyl (C=O) groups excluding carboxylic acids is 2. The summed E-state index contributed by atoms with van der Waals surface area (Å²) in [6, 6.07) is 3.64. The van der Waals surface area contributed by atoms with Crippen molar-refractivity contribution in [3.8, 4) is 5.69 Å². The summed E-state index contributed by atoms with van der Waals surface area (Å²) in [4.78, 5) is 43.0. The van der Waals surface area contributed by atoms with Gasteiger partial charge in [-0.1, -0.05) is 13.5 Å². The van der Waals surface area contributed by atoms with Crippen LogP contribution in [0.4, 0.5) is 27.9 Å². The average molecular weight is 560 g/mol. The highest BCUT2D eigenvalue weighted by atomic mass is 16.6. The van der Waals surface area contributed by atoms with Crippen LogP contribution in [0.5, 0.6) is 0 Å². The second-order valence-electron chi connectivity index (χ2n) is 11.0. The van der Waals surface area contributed by atoms with Crippen LogP contribution in [0.2, 0.25) is 0 Å². The molecule has 4 rings (SSSR count). The van der Waals surface area contributed by atoms with Gasteiger partial charge in [-0.2, -0.15) is 0 Å². The van der Waals surface area contributed by atoms with E-state index < -0.39 is 5.60 Å². The van der Waals surface area contributed by atoms with E-state index in [1.165, 1.54) is 12.4 Å². The number of rotatable bonds is 9. The molecule has 41 heavy (non-hydrogen) atoms. The lowest BCUT2D eigenvalue weighted by Crippen LogP contribution is -2.44. The van der Waals surface area contributed by atoms with Crippen molar-refractivity contribution in [2.24, 2.45) is 5.92 Å². The predicted octanol–water partition coefficient (Wildman–Crippen LogP) is 5.16. The first-order chi connectivity index (χ1) is 19.6. The molecule has 2 amide bonds. The Hall–Kier alpha value is -4.66. The molecule has 4 heterocycles. The monoisotopic (exact) mass is 559 g/mol. The molecule has 12 nitrogen and oxygen atoms in total. The summed E-state index contributed by atoms with van der Waals surface area (Å²) in [7, 11) is 0. The smallest absolute Gasteiger partial charge is 0.410 e.